The van der Waals surface area contributed by atoms with Gasteiger partial charge >= 0.3 is 5.97 Å². The minimum atomic E-state index is -3.69. The fourth-order valence-corrected chi connectivity index (χ4v) is 4.38. The van der Waals surface area contributed by atoms with E-state index in [9.17, 15) is 13.2 Å². The van der Waals surface area contributed by atoms with Crippen LogP contribution >= 0.6 is 11.6 Å². The molecule has 0 atom stereocenters. The van der Waals surface area contributed by atoms with Gasteiger partial charge in [0.05, 0.1) is 23.7 Å². The molecule has 1 fully saturated rings. The molecule has 0 saturated carbocycles. The van der Waals surface area contributed by atoms with Gasteiger partial charge in [-0.25, -0.2) is 13.2 Å². The summed E-state index contributed by atoms with van der Waals surface area (Å²) in [7, 11) is -3.69. The molecular formula is C20H22ClNO6S. The predicted molar refractivity (Wildman–Crippen MR) is 108 cm³/mol. The molecule has 29 heavy (non-hydrogen) atoms. The van der Waals surface area contributed by atoms with Crippen LogP contribution in [0.15, 0.2) is 47.4 Å². The summed E-state index contributed by atoms with van der Waals surface area (Å²) in [6.07, 6.45) is 0. The van der Waals surface area contributed by atoms with E-state index in [1.54, 1.807) is 37.3 Å². The normalized spacial score (nSPS) is 15.1. The van der Waals surface area contributed by atoms with Crippen molar-refractivity contribution in [2.24, 2.45) is 0 Å². The average molecular weight is 440 g/mol. The third-order valence-corrected chi connectivity index (χ3v) is 6.58. The number of aryl methyl sites for hydroxylation is 1. The lowest BCUT2D eigenvalue weighted by molar-refractivity contribution is 0.0449. The summed E-state index contributed by atoms with van der Waals surface area (Å²) in [5.74, 6) is 0.0152. The summed E-state index contributed by atoms with van der Waals surface area (Å²) in [6.45, 7) is 3.21. The molecule has 1 heterocycles. The molecule has 156 valence electrons. The molecule has 3 rings (SSSR count). The molecule has 0 aliphatic carbocycles. The highest BCUT2D eigenvalue weighted by molar-refractivity contribution is 7.89. The van der Waals surface area contributed by atoms with Gasteiger partial charge in [-0.05, 0) is 48.9 Å². The molecule has 0 N–H and O–H groups in total. The standard InChI is InChI=1S/C20H22ClNO6S/c1-15-2-7-18(29(24,25)22-8-10-26-11-9-22)14-19(15)20(23)28-13-12-27-17-5-3-16(21)4-6-17/h2-7,14H,8-13H2,1H3. The molecule has 0 spiro atoms. The van der Waals surface area contributed by atoms with Gasteiger partial charge in [-0.3, -0.25) is 0 Å². The second kappa shape index (κ2) is 9.58. The molecule has 9 heteroatoms. The topological polar surface area (TPSA) is 82.1 Å². The van der Waals surface area contributed by atoms with Crippen molar-refractivity contribution in [1.29, 1.82) is 0 Å². The summed E-state index contributed by atoms with van der Waals surface area (Å²) in [5, 5.41) is 0.603. The van der Waals surface area contributed by atoms with Gasteiger partial charge in [0.2, 0.25) is 10.0 Å². The van der Waals surface area contributed by atoms with Crippen LogP contribution in [-0.2, 0) is 19.5 Å². The molecule has 7 nitrogen and oxygen atoms in total. The maximum atomic E-state index is 12.8. The first-order valence-corrected chi connectivity index (χ1v) is 10.9. The summed E-state index contributed by atoms with van der Waals surface area (Å²) < 4.78 is 42.9. The lowest BCUT2D eigenvalue weighted by atomic mass is 10.1. The Morgan fingerprint density at radius 1 is 1.10 bits per heavy atom. The lowest BCUT2D eigenvalue weighted by Gasteiger charge is -2.26. The Morgan fingerprint density at radius 3 is 2.48 bits per heavy atom. The maximum absolute atomic E-state index is 12.8. The van der Waals surface area contributed by atoms with Crippen LogP contribution in [0.3, 0.4) is 0 Å². The zero-order valence-corrected chi connectivity index (χ0v) is 17.5. The van der Waals surface area contributed by atoms with Gasteiger partial charge in [0.1, 0.15) is 19.0 Å². The first-order valence-electron chi connectivity index (χ1n) is 9.12. The molecule has 0 amide bonds. The predicted octanol–water partition coefficient (Wildman–Crippen LogP) is 2.91. The van der Waals surface area contributed by atoms with E-state index in [0.717, 1.165) is 0 Å². The van der Waals surface area contributed by atoms with Crippen molar-refractivity contribution in [2.75, 3.05) is 39.5 Å². The number of nitrogens with zero attached hydrogens (tertiary/aromatic N) is 1. The minimum Gasteiger partial charge on any atom is -0.490 e. The van der Waals surface area contributed by atoms with E-state index in [1.165, 1.54) is 16.4 Å². The van der Waals surface area contributed by atoms with Crippen LogP contribution in [0.1, 0.15) is 15.9 Å². The number of rotatable bonds is 7. The van der Waals surface area contributed by atoms with E-state index >= 15 is 0 Å². The third-order valence-electron chi connectivity index (χ3n) is 4.44. The zero-order chi connectivity index (χ0) is 20.9. The number of morpholine rings is 1. The first kappa shape index (κ1) is 21.6. The Balaban J connectivity index is 1.62. The summed E-state index contributed by atoms with van der Waals surface area (Å²) >= 11 is 5.81. The van der Waals surface area contributed by atoms with E-state index in [0.29, 0.717) is 29.5 Å². The lowest BCUT2D eigenvalue weighted by Crippen LogP contribution is -2.40. The Kier molecular flexibility index (Phi) is 7.13. The fourth-order valence-electron chi connectivity index (χ4n) is 2.82. The minimum absolute atomic E-state index is 0.0291. The number of halogens is 1. The van der Waals surface area contributed by atoms with E-state index < -0.39 is 16.0 Å². The summed E-state index contributed by atoms with van der Waals surface area (Å²) in [6, 6.07) is 11.3. The van der Waals surface area contributed by atoms with Crippen LogP contribution in [0.5, 0.6) is 5.75 Å². The van der Waals surface area contributed by atoms with Gasteiger partial charge in [-0.1, -0.05) is 17.7 Å². The van der Waals surface area contributed by atoms with Gasteiger partial charge in [0.15, 0.2) is 0 Å². The number of hydrogen-bond donors (Lipinski definition) is 0. The van der Waals surface area contributed by atoms with Crippen LogP contribution in [0.25, 0.3) is 0 Å². The molecule has 0 radical (unpaired) electrons. The maximum Gasteiger partial charge on any atom is 0.338 e. The molecule has 2 aromatic rings. The van der Waals surface area contributed by atoms with Gasteiger partial charge in [0, 0.05) is 18.1 Å². The fraction of sp³-hybridized carbons (Fsp3) is 0.350. The number of carbonyl (C=O) groups is 1. The van der Waals surface area contributed by atoms with Crippen LogP contribution < -0.4 is 4.74 Å². The van der Waals surface area contributed by atoms with Crippen molar-refractivity contribution in [1.82, 2.24) is 4.31 Å². The number of carbonyl (C=O) groups excluding carboxylic acids is 1. The third kappa shape index (κ3) is 5.48. The van der Waals surface area contributed by atoms with Crippen molar-refractivity contribution < 1.29 is 27.4 Å². The molecule has 0 unspecified atom stereocenters. The van der Waals surface area contributed by atoms with E-state index in [2.05, 4.69) is 0 Å². The Bertz CT molecular complexity index is 955. The quantitative estimate of drug-likeness (QED) is 0.487. The van der Waals surface area contributed by atoms with Crippen LogP contribution in [-0.4, -0.2) is 58.2 Å². The molecule has 0 aromatic heterocycles. The summed E-state index contributed by atoms with van der Waals surface area (Å²) in [4.78, 5) is 12.5. The van der Waals surface area contributed by atoms with E-state index in [1.807, 2.05) is 0 Å². The highest BCUT2D eigenvalue weighted by Gasteiger charge is 2.27. The van der Waals surface area contributed by atoms with Gasteiger partial charge in [-0.2, -0.15) is 4.31 Å². The highest BCUT2D eigenvalue weighted by atomic mass is 35.5. The molecule has 1 saturated heterocycles. The second-order valence-corrected chi connectivity index (χ2v) is 8.81. The number of esters is 1. The largest absolute Gasteiger partial charge is 0.490 e. The molecular weight excluding hydrogens is 418 g/mol. The number of hydrogen-bond acceptors (Lipinski definition) is 6. The van der Waals surface area contributed by atoms with Gasteiger partial charge in [-0.15, -0.1) is 0 Å². The van der Waals surface area contributed by atoms with E-state index in [-0.39, 0.29) is 36.8 Å². The van der Waals surface area contributed by atoms with Crippen molar-refractivity contribution >= 4 is 27.6 Å². The highest BCUT2D eigenvalue weighted by Crippen LogP contribution is 2.21. The molecule has 1 aliphatic heterocycles. The van der Waals surface area contributed by atoms with Crippen LogP contribution in [0, 0.1) is 6.92 Å². The molecule has 2 aromatic carbocycles. The Hall–Kier alpha value is -2.13. The number of sulfonamides is 1. The second-order valence-electron chi connectivity index (χ2n) is 6.43. The van der Waals surface area contributed by atoms with E-state index in [4.69, 9.17) is 25.8 Å². The SMILES string of the molecule is Cc1ccc(S(=O)(=O)N2CCOCC2)cc1C(=O)OCCOc1ccc(Cl)cc1. The Labute approximate surface area is 175 Å². The van der Waals surface area contributed by atoms with Crippen molar-refractivity contribution in [3.8, 4) is 5.75 Å². The Morgan fingerprint density at radius 2 is 1.79 bits per heavy atom. The van der Waals surface area contributed by atoms with Crippen molar-refractivity contribution in [3.63, 3.8) is 0 Å². The van der Waals surface area contributed by atoms with Crippen molar-refractivity contribution in [2.45, 2.75) is 11.8 Å². The number of ether oxygens (including phenoxy) is 3. The average Bonchev–Trinajstić information content (AvgIpc) is 2.73. The molecule has 0 bridgehead atoms. The van der Waals surface area contributed by atoms with Crippen LogP contribution in [0.2, 0.25) is 5.02 Å². The van der Waals surface area contributed by atoms with Gasteiger partial charge < -0.3 is 14.2 Å². The van der Waals surface area contributed by atoms with Crippen LogP contribution in [0.4, 0.5) is 0 Å². The molecule has 1 aliphatic rings. The van der Waals surface area contributed by atoms with Gasteiger partial charge in [0.25, 0.3) is 0 Å². The smallest absolute Gasteiger partial charge is 0.338 e. The number of benzene rings is 2. The summed E-state index contributed by atoms with van der Waals surface area (Å²) in [5.41, 5.74) is 0.848. The monoisotopic (exact) mass is 439 g/mol. The zero-order valence-electron chi connectivity index (χ0n) is 16.0. The van der Waals surface area contributed by atoms with Crippen molar-refractivity contribution in [3.05, 3.63) is 58.6 Å². The first-order chi connectivity index (χ1) is 13.9.